The predicted octanol–water partition coefficient (Wildman–Crippen LogP) is 6.24. The molecule has 1 aliphatic heterocycles. The number of ether oxygens (including phenoxy) is 1. The van der Waals surface area contributed by atoms with E-state index in [4.69, 9.17) is 16.3 Å². The summed E-state index contributed by atoms with van der Waals surface area (Å²) in [6, 6.07) is 8.40. The number of carboxylic acid groups (broad SMARTS) is 1. The molecule has 2 N–H and O–H groups in total. The lowest BCUT2D eigenvalue weighted by Gasteiger charge is -2.39. The van der Waals surface area contributed by atoms with Gasteiger partial charge in [0.25, 0.3) is 0 Å². The molecule has 0 radical (unpaired) electrons. The summed E-state index contributed by atoms with van der Waals surface area (Å²) in [6.45, 7) is 2.09. The topological polar surface area (TPSA) is 74.7 Å². The summed E-state index contributed by atoms with van der Waals surface area (Å²) < 4.78 is 47.6. The number of anilines is 1. The van der Waals surface area contributed by atoms with Crippen LogP contribution in [0, 0.1) is 17.0 Å². The first-order valence-electron chi connectivity index (χ1n) is 12.1. The molecule has 2 heterocycles. The van der Waals surface area contributed by atoms with Crippen molar-refractivity contribution < 1.29 is 27.8 Å². The van der Waals surface area contributed by atoms with E-state index in [1.807, 2.05) is 0 Å². The molecular weight excluding hydrogens is 507 g/mol. The summed E-state index contributed by atoms with van der Waals surface area (Å²) in [5.41, 5.74) is 0.192. The Bertz CT molecular complexity index is 1250. The van der Waals surface area contributed by atoms with Crippen LogP contribution in [0.15, 0.2) is 42.6 Å². The molecule has 6 nitrogen and oxygen atoms in total. The lowest BCUT2D eigenvalue weighted by molar-refractivity contribution is -0.153. The van der Waals surface area contributed by atoms with Crippen LogP contribution in [0.4, 0.5) is 18.9 Å². The Morgan fingerprint density at radius 2 is 1.92 bits per heavy atom. The Hall–Kier alpha value is -3.04. The molecule has 0 amide bonds. The number of methoxy groups -OCH3 is 1. The second kappa shape index (κ2) is 11.6. The first-order chi connectivity index (χ1) is 17.7. The SMILES string of the molecule is COc1ccc2ncc(Cl)c([C@@H](F)CCC3(C(=O)O)CCN(CCNc4cc(F)cc(F)c4)CC3)c2c1. The Kier molecular flexibility index (Phi) is 8.44. The van der Waals surface area contributed by atoms with Gasteiger partial charge in [-0.15, -0.1) is 0 Å². The fourth-order valence-corrected chi connectivity index (χ4v) is 5.22. The monoisotopic (exact) mass is 535 g/mol. The van der Waals surface area contributed by atoms with Gasteiger partial charge in [0.2, 0.25) is 0 Å². The van der Waals surface area contributed by atoms with E-state index in [0.29, 0.717) is 66.9 Å². The highest BCUT2D eigenvalue weighted by atomic mass is 35.5. The number of alkyl halides is 1. The number of aliphatic carboxylic acids is 1. The van der Waals surface area contributed by atoms with Crippen molar-refractivity contribution in [1.29, 1.82) is 0 Å². The number of benzene rings is 2. The zero-order valence-electron chi connectivity index (χ0n) is 20.4. The highest BCUT2D eigenvalue weighted by Gasteiger charge is 2.41. The van der Waals surface area contributed by atoms with Crippen molar-refractivity contribution >= 4 is 34.2 Å². The smallest absolute Gasteiger partial charge is 0.309 e. The molecule has 0 unspecified atom stereocenters. The van der Waals surface area contributed by atoms with Gasteiger partial charge < -0.3 is 20.1 Å². The number of carboxylic acids is 1. The zero-order chi connectivity index (χ0) is 26.6. The van der Waals surface area contributed by atoms with E-state index >= 15 is 4.39 Å². The third kappa shape index (κ3) is 6.27. The summed E-state index contributed by atoms with van der Waals surface area (Å²) in [5.74, 6) is -1.69. The summed E-state index contributed by atoms with van der Waals surface area (Å²) in [4.78, 5) is 18.6. The Morgan fingerprint density at radius 1 is 1.22 bits per heavy atom. The maximum Gasteiger partial charge on any atom is 0.309 e. The summed E-state index contributed by atoms with van der Waals surface area (Å²) in [6.07, 6.45) is 0.882. The van der Waals surface area contributed by atoms with Gasteiger partial charge in [-0.1, -0.05) is 11.6 Å². The highest BCUT2D eigenvalue weighted by molar-refractivity contribution is 6.32. The van der Waals surface area contributed by atoms with Crippen LogP contribution in [0.3, 0.4) is 0 Å². The largest absolute Gasteiger partial charge is 0.497 e. The van der Waals surface area contributed by atoms with Gasteiger partial charge in [0.05, 0.1) is 23.1 Å². The Labute approximate surface area is 218 Å². The summed E-state index contributed by atoms with van der Waals surface area (Å²) in [5, 5.41) is 13.8. The van der Waals surface area contributed by atoms with Crippen LogP contribution in [-0.4, -0.2) is 54.2 Å². The molecule has 2 aromatic carbocycles. The molecule has 1 aromatic heterocycles. The van der Waals surface area contributed by atoms with Crippen LogP contribution in [0.5, 0.6) is 5.75 Å². The Morgan fingerprint density at radius 3 is 2.57 bits per heavy atom. The number of likely N-dealkylation sites (tertiary alicyclic amines) is 1. The Balaban J connectivity index is 1.37. The number of hydrogen-bond acceptors (Lipinski definition) is 5. The highest BCUT2D eigenvalue weighted by Crippen LogP contribution is 2.42. The molecule has 0 aliphatic carbocycles. The van der Waals surface area contributed by atoms with Gasteiger partial charge in [-0.3, -0.25) is 9.78 Å². The van der Waals surface area contributed by atoms with E-state index in [1.54, 1.807) is 18.2 Å². The van der Waals surface area contributed by atoms with Crippen LogP contribution in [-0.2, 0) is 4.79 Å². The summed E-state index contributed by atoms with van der Waals surface area (Å²) in [7, 11) is 1.52. The number of rotatable bonds is 10. The molecule has 198 valence electrons. The standard InChI is InChI=1S/C27H29ClF3N3O3/c1-37-20-2-3-24-21(15-20)25(22(28)16-33-24)23(31)4-5-27(26(35)36)6-9-34(10-7-27)11-8-32-19-13-17(29)12-18(30)14-19/h2-3,12-16,23,32H,4-11H2,1H3,(H,35,36)/t23-/m0/s1. The molecule has 3 aromatic rings. The van der Waals surface area contributed by atoms with Crippen molar-refractivity contribution in [2.45, 2.75) is 31.9 Å². The molecule has 1 saturated heterocycles. The van der Waals surface area contributed by atoms with Crippen molar-refractivity contribution in [3.63, 3.8) is 0 Å². The number of nitrogens with zero attached hydrogens (tertiary/aromatic N) is 2. The number of carbonyl (C=O) groups is 1. The van der Waals surface area contributed by atoms with Gasteiger partial charge in [0.1, 0.15) is 23.6 Å². The second-order valence-corrected chi connectivity index (χ2v) is 9.83. The number of fused-ring (bicyclic) bond motifs is 1. The third-order valence-corrected chi connectivity index (χ3v) is 7.45. The molecule has 37 heavy (non-hydrogen) atoms. The van der Waals surface area contributed by atoms with E-state index in [9.17, 15) is 18.7 Å². The van der Waals surface area contributed by atoms with Gasteiger partial charge in [-0.25, -0.2) is 13.2 Å². The van der Waals surface area contributed by atoms with Crippen molar-refractivity contribution in [3.05, 3.63) is 64.8 Å². The minimum Gasteiger partial charge on any atom is -0.497 e. The van der Waals surface area contributed by atoms with E-state index < -0.39 is 29.2 Å². The van der Waals surface area contributed by atoms with Gasteiger partial charge in [0, 0.05) is 42.0 Å². The molecule has 1 aliphatic rings. The van der Waals surface area contributed by atoms with E-state index in [-0.39, 0.29) is 17.9 Å². The molecule has 0 spiro atoms. The fourth-order valence-electron chi connectivity index (χ4n) is 4.95. The van der Waals surface area contributed by atoms with Crippen molar-refractivity contribution in [3.8, 4) is 5.75 Å². The molecule has 10 heteroatoms. The molecule has 4 rings (SSSR count). The quantitative estimate of drug-likeness (QED) is 0.320. The van der Waals surface area contributed by atoms with E-state index in [1.165, 1.54) is 25.4 Å². The van der Waals surface area contributed by atoms with E-state index in [2.05, 4.69) is 15.2 Å². The first kappa shape index (κ1) is 27.0. The third-order valence-electron chi connectivity index (χ3n) is 7.14. The predicted molar refractivity (Wildman–Crippen MR) is 137 cm³/mol. The lowest BCUT2D eigenvalue weighted by Crippen LogP contribution is -2.45. The van der Waals surface area contributed by atoms with Crippen molar-refractivity contribution in [1.82, 2.24) is 9.88 Å². The van der Waals surface area contributed by atoms with Gasteiger partial charge in [-0.2, -0.15) is 0 Å². The fraction of sp³-hybridized carbons (Fsp3) is 0.407. The summed E-state index contributed by atoms with van der Waals surface area (Å²) >= 11 is 6.33. The molecular formula is C27H29ClF3N3O3. The lowest BCUT2D eigenvalue weighted by atomic mass is 9.74. The van der Waals surface area contributed by atoms with Crippen LogP contribution in [0.1, 0.15) is 37.4 Å². The molecule has 1 atom stereocenters. The van der Waals surface area contributed by atoms with E-state index in [0.717, 1.165) is 6.07 Å². The van der Waals surface area contributed by atoms with Gasteiger partial charge >= 0.3 is 5.97 Å². The maximum absolute atomic E-state index is 15.6. The molecule has 0 bridgehead atoms. The van der Waals surface area contributed by atoms with Crippen LogP contribution in [0.25, 0.3) is 10.9 Å². The minimum absolute atomic E-state index is 0.00896. The first-order valence-corrected chi connectivity index (χ1v) is 12.5. The van der Waals surface area contributed by atoms with Crippen LogP contribution >= 0.6 is 11.6 Å². The second-order valence-electron chi connectivity index (χ2n) is 9.42. The number of aromatic nitrogens is 1. The normalized spacial score (nSPS) is 16.5. The number of pyridine rings is 1. The van der Waals surface area contributed by atoms with Gasteiger partial charge in [0.15, 0.2) is 0 Å². The average Bonchev–Trinajstić information content (AvgIpc) is 2.87. The molecule has 0 saturated carbocycles. The average molecular weight is 536 g/mol. The number of piperidine rings is 1. The molecule has 1 fully saturated rings. The van der Waals surface area contributed by atoms with Crippen LogP contribution in [0.2, 0.25) is 5.02 Å². The number of halogens is 4. The number of hydrogen-bond donors (Lipinski definition) is 2. The van der Waals surface area contributed by atoms with Gasteiger partial charge in [-0.05, 0) is 69.1 Å². The number of nitrogens with one attached hydrogen (secondary N) is 1. The van der Waals surface area contributed by atoms with Crippen molar-refractivity contribution in [2.75, 3.05) is 38.6 Å². The van der Waals surface area contributed by atoms with Crippen molar-refractivity contribution in [2.24, 2.45) is 5.41 Å². The van der Waals surface area contributed by atoms with Crippen LogP contribution < -0.4 is 10.1 Å². The minimum atomic E-state index is -1.46. The zero-order valence-corrected chi connectivity index (χ0v) is 21.2. The maximum atomic E-state index is 15.6.